The molecule has 2 bridgehead atoms. The molecule has 0 aromatic carbocycles. The smallest absolute Gasteiger partial charge is 0.404 e. The van der Waals surface area contributed by atoms with Crippen LogP contribution >= 0.6 is 0 Å². The Morgan fingerprint density at radius 1 is 1.33 bits per heavy atom. The first-order valence-corrected chi connectivity index (χ1v) is 4.49. The van der Waals surface area contributed by atoms with Gasteiger partial charge < -0.3 is 15.7 Å². The maximum atomic E-state index is 10.4. The van der Waals surface area contributed by atoms with Gasteiger partial charge in [-0.25, -0.2) is 4.79 Å². The molecule has 2 rings (SSSR count). The van der Waals surface area contributed by atoms with Crippen molar-refractivity contribution in [3.63, 3.8) is 0 Å². The Kier molecular flexibility index (Phi) is 1.92. The second-order valence-corrected chi connectivity index (χ2v) is 3.76. The first-order valence-electron chi connectivity index (χ1n) is 4.49. The van der Waals surface area contributed by atoms with Crippen LogP contribution in [-0.2, 0) is 0 Å². The molecular weight excluding hydrogens is 156 g/mol. The summed E-state index contributed by atoms with van der Waals surface area (Å²) in [6.45, 7) is 0. The van der Waals surface area contributed by atoms with Crippen molar-refractivity contribution in [2.24, 2.45) is 0 Å². The third-order valence-corrected chi connectivity index (χ3v) is 2.80. The van der Waals surface area contributed by atoms with Crippen LogP contribution in [0.5, 0.6) is 0 Å². The highest BCUT2D eigenvalue weighted by Crippen LogP contribution is 2.26. The number of fused-ring (bicyclic) bond motifs is 2. The molecule has 4 nitrogen and oxygen atoms in total. The van der Waals surface area contributed by atoms with Gasteiger partial charge in [-0.1, -0.05) is 0 Å². The third kappa shape index (κ3) is 1.53. The zero-order chi connectivity index (χ0) is 8.55. The molecule has 0 aromatic rings. The van der Waals surface area contributed by atoms with Crippen LogP contribution in [0.3, 0.4) is 0 Å². The van der Waals surface area contributed by atoms with Gasteiger partial charge in [0.25, 0.3) is 0 Å². The monoisotopic (exact) mass is 170 g/mol. The normalized spacial score (nSPS) is 39.5. The summed E-state index contributed by atoms with van der Waals surface area (Å²) in [5.74, 6) is 0. The minimum Gasteiger partial charge on any atom is -0.465 e. The van der Waals surface area contributed by atoms with Crippen LogP contribution in [0.1, 0.15) is 25.7 Å². The van der Waals surface area contributed by atoms with E-state index in [9.17, 15) is 4.79 Å². The Morgan fingerprint density at radius 2 is 1.92 bits per heavy atom. The van der Waals surface area contributed by atoms with E-state index in [1.54, 1.807) is 0 Å². The lowest BCUT2D eigenvalue weighted by Crippen LogP contribution is -2.47. The van der Waals surface area contributed by atoms with Gasteiger partial charge in [-0.05, 0) is 25.7 Å². The predicted molar refractivity (Wildman–Crippen MR) is 44.1 cm³/mol. The number of rotatable bonds is 1. The molecule has 2 heterocycles. The molecule has 1 amide bonds. The van der Waals surface area contributed by atoms with Crippen molar-refractivity contribution < 1.29 is 9.90 Å². The fourth-order valence-corrected chi connectivity index (χ4v) is 2.35. The molecule has 4 heteroatoms. The standard InChI is InChI=1S/C8H14N2O2/c11-8(12)10-7-3-5-1-2-6(4-7)9-5/h5-7,9-10H,1-4H2,(H,11,12)/t5-,6+,7+. The summed E-state index contributed by atoms with van der Waals surface area (Å²) in [6, 6.07) is 1.29. The molecule has 3 N–H and O–H groups in total. The number of carbonyl (C=O) groups is 1. The summed E-state index contributed by atoms with van der Waals surface area (Å²) in [4.78, 5) is 10.4. The summed E-state index contributed by atoms with van der Waals surface area (Å²) in [5.41, 5.74) is 0. The minimum atomic E-state index is -0.888. The van der Waals surface area contributed by atoms with Crippen molar-refractivity contribution >= 4 is 6.09 Å². The van der Waals surface area contributed by atoms with Crippen LogP contribution in [0.15, 0.2) is 0 Å². The fourth-order valence-electron chi connectivity index (χ4n) is 2.35. The molecule has 0 spiro atoms. The van der Waals surface area contributed by atoms with Crippen LogP contribution in [0.4, 0.5) is 4.79 Å². The molecule has 0 radical (unpaired) electrons. The highest BCUT2D eigenvalue weighted by molar-refractivity contribution is 5.64. The van der Waals surface area contributed by atoms with Gasteiger partial charge in [0.2, 0.25) is 0 Å². The largest absolute Gasteiger partial charge is 0.465 e. The second kappa shape index (κ2) is 2.94. The third-order valence-electron chi connectivity index (χ3n) is 2.80. The highest BCUT2D eigenvalue weighted by atomic mass is 16.4. The molecule has 3 atom stereocenters. The van der Waals surface area contributed by atoms with Crippen molar-refractivity contribution in [2.45, 2.75) is 43.8 Å². The minimum absolute atomic E-state index is 0.182. The highest BCUT2D eigenvalue weighted by Gasteiger charge is 2.33. The SMILES string of the molecule is O=C(O)N[C@H]1C[C@H]2CC[C@@H](C1)N2. The van der Waals surface area contributed by atoms with E-state index in [2.05, 4.69) is 10.6 Å². The first kappa shape index (κ1) is 7.86. The van der Waals surface area contributed by atoms with Crippen LogP contribution < -0.4 is 10.6 Å². The predicted octanol–water partition coefficient (Wildman–Crippen LogP) is 0.537. The summed E-state index contributed by atoms with van der Waals surface area (Å²) in [5, 5.41) is 14.5. The molecule has 0 unspecified atom stereocenters. The lowest BCUT2D eigenvalue weighted by molar-refractivity contribution is 0.183. The number of hydrogen-bond donors (Lipinski definition) is 3. The molecule has 2 aliphatic rings. The fraction of sp³-hybridized carbons (Fsp3) is 0.875. The molecule has 0 saturated carbocycles. The van der Waals surface area contributed by atoms with E-state index < -0.39 is 6.09 Å². The Bertz CT molecular complexity index is 183. The van der Waals surface area contributed by atoms with Crippen molar-refractivity contribution in [1.82, 2.24) is 10.6 Å². The maximum Gasteiger partial charge on any atom is 0.404 e. The van der Waals surface area contributed by atoms with Crippen LogP contribution in [0, 0.1) is 0 Å². The van der Waals surface area contributed by atoms with Crippen LogP contribution in [0.25, 0.3) is 0 Å². The van der Waals surface area contributed by atoms with Crippen molar-refractivity contribution in [2.75, 3.05) is 0 Å². The lowest BCUT2D eigenvalue weighted by Gasteiger charge is -2.28. The van der Waals surface area contributed by atoms with E-state index in [4.69, 9.17) is 5.11 Å². The Labute approximate surface area is 71.3 Å². The van der Waals surface area contributed by atoms with Crippen LogP contribution in [0.2, 0.25) is 0 Å². The second-order valence-electron chi connectivity index (χ2n) is 3.76. The molecule has 0 aliphatic carbocycles. The Hall–Kier alpha value is -0.770. The average molecular weight is 170 g/mol. The summed E-state index contributed by atoms with van der Waals surface area (Å²) in [7, 11) is 0. The van der Waals surface area contributed by atoms with Gasteiger partial charge >= 0.3 is 6.09 Å². The average Bonchev–Trinajstić information content (AvgIpc) is 2.29. The van der Waals surface area contributed by atoms with Gasteiger partial charge in [0.05, 0.1) is 0 Å². The molecule has 2 fully saturated rings. The molecule has 12 heavy (non-hydrogen) atoms. The molecule has 68 valence electrons. The number of carboxylic acid groups (broad SMARTS) is 1. The number of hydrogen-bond acceptors (Lipinski definition) is 2. The van der Waals surface area contributed by atoms with Gasteiger partial charge in [-0.3, -0.25) is 0 Å². The van der Waals surface area contributed by atoms with Gasteiger partial charge in [0.15, 0.2) is 0 Å². The lowest BCUT2D eigenvalue weighted by atomic mass is 10.0. The summed E-state index contributed by atoms with van der Waals surface area (Å²) in [6.07, 6.45) is 3.46. The topological polar surface area (TPSA) is 61.4 Å². The van der Waals surface area contributed by atoms with E-state index in [0.717, 1.165) is 12.8 Å². The molecular formula is C8H14N2O2. The van der Waals surface area contributed by atoms with E-state index in [-0.39, 0.29) is 6.04 Å². The van der Waals surface area contributed by atoms with E-state index in [1.165, 1.54) is 12.8 Å². The summed E-state index contributed by atoms with van der Waals surface area (Å²) < 4.78 is 0. The van der Waals surface area contributed by atoms with Crippen molar-refractivity contribution in [1.29, 1.82) is 0 Å². The molecule has 0 aromatic heterocycles. The number of amides is 1. The van der Waals surface area contributed by atoms with Gasteiger partial charge in [0, 0.05) is 18.1 Å². The van der Waals surface area contributed by atoms with Gasteiger partial charge in [-0.2, -0.15) is 0 Å². The number of nitrogens with one attached hydrogen (secondary N) is 2. The van der Waals surface area contributed by atoms with Crippen molar-refractivity contribution in [3.05, 3.63) is 0 Å². The van der Waals surface area contributed by atoms with Gasteiger partial charge in [0.1, 0.15) is 0 Å². The quantitative estimate of drug-likeness (QED) is 0.538. The van der Waals surface area contributed by atoms with E-state index in [0.29, 0.717) is 12.1 Å². The molecule has 2 saturated heterocycles. The van der Waals surface area contributed by atoms with Crippen LogP contribution in [-0.4, -0.2) is 29.3 Å². The Morgan fingerprint density at radius 3 is 2.42 bits per heavy atom. The van der Waals surface area contributed by atoms with Crippen molar-refractivity contribution in [3.8, 4) is 0 Å². The van der Waals surface area contributed by atoms with E-state index in [1.807, 2.05) is 0 Å². The van der Waals surface area contributed by atoms with Gasteiger partial charge in [-0.15, -0.1) is 0 Å². The van der Waals surface area contributed by atoms with E-state index >= 15 is 0 Å². The summed E-state index contributed by atoms with van der Waals surface area (Å²) >= 11 is 0. The maximum absolute atomic E-state index is 10.4. The Balaban J connectivity index is 1.89. The first-order chi connectivity index (χ1) is 5.74. The zero-order valence-corrected chi connectivity index (χ0v) is 6.92. The molecule has 2 aliphatic heterocycles. The zero-order valence-electron chi connectivity index (χ0n) is 6.92. The number of piperidine rings is 1.